The highest BCUT2D eigenvalue weighted by Gasteiger charge is 2.23. The SMILES string of the molecule is CN=C(NCC(C)N1CCc2sccc2C1)N1CCN(c2ccccn2)CC1. The van der Waals surface area contributed by atoms with Gasteiger partial charge in [0.25, 0.3) is 0 Å². The lowest BCUT2D eigenvalue weighted by Crippen LogP contribution is -2.54. The minimum atomic E-state index is 0.486. The third-order valence-electron chi connectivity index (χ3n) is 5.78. The number of piperazine rings is 1. The Labute approximate surface area is 171 Å². The van der Waals surface area contributed by atoms with Crippen molar-refractivity contribution in [3.63, 3.8) is 0 Å². The number of anilines is 1. The highest BCUT2D eigenvalue weighted by Crippen LogP contribution is 2.25. The summed E-state index contributed by atoms with van der Waals surface area (Å²) >= 11 is 1.90. The predicted molar refractivity (Wildman–Crippen MR) is 117 cm³/mol. The summed E-state index contributed by atoms with van der Waals surface area (Å²) < 4.78 is 0. The zero-order valence-electron chi connectivity index (χ0n) is 16.8. The second-order valence-electron chi connectivity index (χ2n) is 7.53. The number of hydrogen-bond donors (Lipinski definition) is 1. The van der Waals surface area contributed by atoms with Crippen molar-refractivity contribution >= 4 is 23.1 Å². The summed E-state index contributed by atoms with van der Waals surface area (Å²) in [6, 6.07) is 8.87. The normalized spacial score (nSPS) is 19.4. The monoisotopic (exact) mass is 398 g/mol. The number of nitrogens with zero attached hydrogens (tertiary/aromatic N) is 5. The van der Waals surface area contributed by atoms with Gasteiger partial charge in [0, 0.05) is 70.0 Å². The molecule has 0 saturated carbocycles. The smallest absolute Gasteiger partial charge is 0.193 e. The molecule has 7 heteroatoms. The molecule has 6 nitrogen and oxygen atoms in total. The van der Waals surface area contributed by atoms with Crippen molar-refractivity contribution in [3.05, 3.63) is 46.3 Å². The van der Waals surface area contributed by atoms with Crippen LogP contribution in [-0.2, 0) is 13.0 Å². The fraction of sp³-hybridized carbons (Fsp3) is 0.524. The Hall–Kier alpha value is -2.12. The zero-order valence-corrected chi connectivity index (χ0v) is 17.7. The fourth-order valence-corrected chi connectivity index (χ4v) is 4.92. The maximum Gasteiger partial charge on any atom is 0.193 e. The number of thiophene rings is 1. The van der Waals surface area contributed by atoms with Crippen LogP contribution in [0.5, 0.6) is 0 Å². The largest absolute Gasteiger partial charge is 0.355 e. The summed E-state index contributed by atoms with van der Waals surface area (Å²) in [4.78, 5) is 17.9. The van der Waals surface area contributed by atoms with E-state index in [4.69, 9.17) is 0 Å². The molecule has 2 aromatic heterocycles. The van der Waals surface area contributed by atoms with Crippen molar-refractivity contribution in [2.75, 3.05) is 51.2 Å². The predicted octanol–water partition coefficient (Wildman–Crippen LogP) is 2.29. The number of pyridine rings is 1. The van der Waals surface area contributed by atoms with Gasteiger partial charge in [0.1, 0.15) is 5.82 Å². The topological polar surface area (TPSA) is 47.0 Å². The molecule has 1 saturated heterocycles. The number of hydrogen-bond acceptors (Lipinski definition) is 5. The lowest BCUT2D eigenvalue weighted by molar-refractivity contribution is 0.191. The molecule has 4 rings (SSSR count). The molecule has 4 heterocycles. The molecule has 0 bridgehead atoms. The van der Waals surface area contributed by atoms with E-state index in [0.29, 0.717) is 6.04 Å². The van der Waals surface area contributed by atoms with Crippen LogP contribution in [0.2, 0.25) is 0 Å². The molecule has 0 amide bonds. The van der Waals surface area contributed by atoms with Crippen molar-refractivity contribution in [1.29, 1.82) is 0 Å². The maximum absolute atomic E-state index is 4.53. The number of guanidine groups is 1. The van der Waals surface area contributed by atoms with E-state index in [9.17, 15) is 0 Å². The van der Waals surface area contributed by atoms with Gasteiger partial charge in [-0.15, -0.1) is 11.3 Å². The Morgan fingerprint density at radius 3 is 2.82 bits per heavy atom. The lowest BCUT2D eigenvalue weighted by atomic mass is 10.1. The van der Waals surface area contributed by atoms with Crippen LogP contribution in [-0.4, -0.2) is 73.1 Å². The van der Waals surface area contributed by atoms with Gasteiger partial charge in [-0.05, 0) is 42.5 Å². The zero-order chi connectivity index (χ0) is 19.3. The van der Waals surface area contributed by atoms with Gasteiger partial charge in [0.05, 0.1) is 0 Å². The van der Waals surface area contributed by atoms with Crippen molar-refractivity contribution in [1.82, 2.24) is 20.1 Å². The van der Waals surface area contributed by atoms with Crippen molar-refractivity contribution in [2.45, 2.75) is 25.9 Å². The third kappa shape index (κ3) is 4.31. The van der Waals surface area contributed by atoms with Crippen LogP contribution >= 0.6 is 11.3 Å². The van der Waals surface area contributed by atoms with E-state index in [1.807, 2.05) is 30.6 Å². The van der Waals surface area contributed by atoms with E-state index in [0.717, 1.165) is 57.6 Å². The van der Waals surface area contributed by atoms with Crippen LogP contribution in [0, 0.1) is 0 Å². The first kappa shape index (κ1) is 19.2. The second kappa shape index (κ2) is 8.92. The van der Waals surface area contributed by atoms with Gasteiger partial charge < -0.3 is 15.1 Å². The first-order valence-electron chi connectivity index (χ1n) is 10.2. The molecule has 0 aliphatic carbocycles. The van der Waals surface area contributed by atoms with Crippen molar-refractivity contribution in [2.24, 2.45) is 4.99 Å². The van der Waals surface area contributed by atoms with Gasteiger partial charge in [-0.25, -0.2) is 4.98 Å². The number of aliphatic imine (C=N–C) groups is 1. The molecule has 1 fully saturated rings. The number of rotatable bonds is 4. The molecule has 150 valence electrons. The molecule has 2 aliphatic heterocycles. The van der Waals surface area contributed by atoms with E-state index in [1.165, 1.54) is 12.0 Å². The van der Waals surface area contributed by atoms with Crippen LogP contribution in [0.25, 0.3) is 0 Å². The van der Waals surface area contributed by atoms with Gasteiger partial charge in [-0.1, -0.05) is 6.07 Å². The average molecular weight is 399 g/mol. The lowest BCUT2D eigenvalue weighted by Gasteiger charge is -2.38. The van der Waals surface area contributed by atoms with Crippen molar-refractivity contribution < 1.29 is 0 Å². The van der Waals surface area contributed by atoms with E-state index in [1.54, 1.807) is 4.88 Å². The van der Waals surface area contributed by atoms with Crippen LogP contribution < -0.4 is 10.2 Å². The summed E-state index contributed by atoms with van der Waals surface area (Å²) in [5.41, 5.74) is 1.51. The summed E-state index contributed by atoms with van der Waals surface area (Å²) in [6.07, 6.45) is 3.05. The molecule has 1 atom stereocenters. The van der Waals surface area contributed by atoms with E-state index in [2.05, 4.69) is 60.5 Å². The molecule has 1 N–H and O–H groups in total. The third-order valence-corrected chi connectivity index (χ3v) is 6.80. The number of fused-ring (bicyclic) bond motifs is 1. The highest BCUT2D eigenvalue weighted by molar-refractivity contribution is 7.10. The van der Waals surface area contributed by atoms with Crippen LogP contribution in [0.3, 0.4) is 0 Å². The Balaban J connectivity index is 1.26. The molecule has 1 unspecified atom stereocenters. The minimum Gasteiger partial charge on any atom is -0.355 e. The summed E-state index contributed by atoms with van der Waals surface area (Å²) in [5, 5.41) is 5.84. The molecule has 2 aromatic rings. The van der Waals surface area contributed by atoms with Gasteiger partial charge in [-0.3, -0.25) is 9.89 Å². The Kier molecular flexibility index (Phi) is 6.12. The molecule has 0 spiro atoms. The van der Waals surface area contributed by atoms with Gasteiger partial charge >= 0.3 is 0 Å². The molecular weight excluding hydrogens is 368 g/mol. The highest BCUT2D eigenvalue weighted by atomic mass is 32.1. The molecular formula is C21H30N6S. The quantitative estimate of drug-likeness (QED) is 0.633. The first-order chi connectivity index (χ1) is 13.7. The minimum absolute atomic E-state index is 0.486. The second-order valence-corrected chi connectivity index (χ2v) is 8.53. The fourth-order valence-electron chi connectivity index (χ4n) is 4.04. The number of aromatic nitrogens is 1. The van der Waals surface area contributed by atoms with Gasteiger partial charge in [0.2, 0.25) is 0 Å². The van der Waals surface area contributed by atoms with E-state index < -0.39 is 0 Å². The Morgan fingerprint density at radius 2 is 2.07 bits per heavy atom. The molecule has 0 radical (unpaired) electrons. The summed E-state index contributed by atoms with van der Waals surface area (Å²) in [6.45, 7) is 9.34. The van der Waals surface area contributed by atoms with Crippen LogP contribution in [0.15, 0.2) is 40.8 Å². The Morgan fingerprint density at radius 1 is 1.21 bits per heavy atom. The van der Waals surface area contributed by atoms with Crippen LogP contribution in [0.4, 0.5) is 5.82 Å². The summed E-state index contributed by atoms with van der Waals surface area (Å²) in [5.74, 6) is 2.08. The maximum atomic E-state index is 4.53. The molecule has 2 aliphatic rings. The molecule has 0 aromatic carbocycles. The average Bonchev–Trinajstić information content (AvgIpc) is 3.23. The van der Waals surface area contributed by atoms with Crippen LogP contribution in [0.1, 0.15) is 17.4 Å². The van der Waals surface area contributed by atoms with Gasteiger partial charge in [0.15, 0.2) is 5.96 Å². The van der Waals surface area contributed by atoms with E-state index in [-0.39, 0.29) is 0 Å². The number of nitrogens with one attached hydrogen (secondary N) is 1. The van der Waals surface area contributed by atoms with Gasteiger partial charge in [-0.2, -0.15) is 0 Å². The van der Waals surface area contributed by atoms with Crippen molar-refractivity contribution in [3.8, 4) is 0 Å². The Bertz CT molecular complexity index is 781. The summed E-state index contributed by atoms with van der Waals surface area (Å²) in [7, 11) is 1.89. The van der Waals surface area contributed by atoms with E-state index >= 15 is 0 Å². The standard InChI is InChI=1S/C21H30N6S/c1-17(27-9-6-19-18(16-27)7-14-28-19)15-24-21(22-2)26-12-10-25(11-13-26)20-5-3-4-8-23-20/h3-5,7-8,14,17H,6,9-13,15-16H2,1-2H3,(H,22,24). The first-order valence-corrected chi connectivity index (χ1v) is 11.0. The molecule has 28 heavy (non-hydrogen) atoms.